The molecule has 1 heterocycles. The lowest BCUT2D eigenvalue weighted by atomic mass is 9.99. The summed E-state index contributed by atoms with van der Waals surface area (Å²) in [5.41, 5.74) is 2.22. The maximum Gasteiger partial charge on any atom is 0.0931 e. The Labute approximate surface area is 131 Å². The fraction of sp³-hybridized carbons (Fsp3) is 0.333. The fourth-order valence-corrected chi connectivity index (χ4v) is 3.35. The molecule has 3 rings (SSSR count). The van der Waals surface area contributed by atoms with Crippen LogP contribution in [0, 0.1) is 0 Å². The van der Waals surface area contributed by atoms with Crippen LogP contribution in [0.3, 0.4) is 0 Å². The van der Waals surface area contributed by atoms with E-state index in [1.165, 1.54) is 5.56 Å². The third kappa shape index (κ3) is 3.46. The summed E-state index contributed by atoms with van der Waals surface area (Å²) < 4.78 is 0. The van der Waals surface area contributed by atoms with Crippen LogP contribution in [0.15, 0.2) is 54.6 Å². The van der Waals surface area contributed by atoms with Crippen molar-refractivity contribution in [3.63, 3.8) is 0 Å². The van der Waals surface area contributed by atoms with Gasteiger partial charge in [-0.15, -0.1) is 0 Å². The molecule has 2 aromatic rings. The van der Waals surface area contributed by atoms with Gasteiger partial charge in [-0.05, 0) is 30.5 Å². The zero-order valence-corrected chi connectivity index (χ0v) is 12.7. The van der Waals surface area contributed by atoms with Crippen LogP contribution in [0.2, 0.25) is 5.02 Å². The Kier molecular flexibility index (Phi) is 4.59. The first-order valence-corrected chi connectivity index (χ1v) is 7.81. The third-order valence-electron chi connectivity index (χ3n) is 4.24. The molecule has 0 aromatic heterocycles. The molecule has 0 saturated carbocycles. The van der Waals surface area contributed by atoms with E-state index in [9.17, 15) is 5.11 Å². The van der Waals surface area contributed by atoms with Crippen molar-refractivity contribution < 1.29 is 5.11 Å². The molecule has 21 heavy (non-hydrogen) atoms. The summed E-state index contributed by atoms with van der Waals surface area (Å²) in [6.45, 7) is 2.68. The molecule has 0 unspecified atom stereocenters. The van der Waals surface area contributed by atoms with Gasteiger partial charge in [0.2, 0.25) is 0 Å². The van der Waals surface area contributed by atoms with E-state index in [2.05, 4.69) is 35.2 Å². The molecule has 0 amide bonds. The standard InChI is InChI=1S/C18H20ClNO/c19-17-9-5-4-8-16(17)18(21)13-20-11-10-15(12-20)14-6-2-1-3-7-14/h1-9,15,18,21H,10-13H2/t15-,18-/m1/s1. The highest BCUT2D eigenvalue weighted by atomic mass is 35.5. The van der Waals surface area contributed by atoms with E-state index in [1.807, 2.05) is 24.3 Å². The number of nitrogens with zero attached hydrogens (tertiary/aromatic N) is 1. The Morgan fingerprint density at radius 1 is 1.10 bits per heavy atom. The number of hydrogen-bond donors (Lipinski definition) is 1. The Hall–Kier alpha value is -1.35. The number of halogens is 1. The van der Waals surface area contributed by atoms with E-state index in [1.54, 1.807) is 0 Å². The van der Waals surface area contributed by atoms with Gasteiger partial charge in [0.15, 0.2) is 0 Å². The lowest BCUT2D eigenvalue weighted by Crippen LogP contribution is -2.26. The minimum absolute atomic E-state index is 0.520. The Morgan fingerprint density at radius 2 is 1.81 bits per heavy atom. The number of aliphatic hydroxyl groups excluding tert-OH is 1. The van der Waals surface area contributed by atoms with Crippen LogP contribution in [0.4, 0.5) is 0 Å². The van der Waals surface area contributed by atoms with Crippen molar-refractivity contribution >= 4 is 11.6 Å². The molecule has 2 aromatic carbocycles. The van der Waals surface area contributed by atoms with Gasteiger partial charge >= 0.3 is 0 Å². The maximum atomic E-state index is 10.4. The molecule has 3 heteroatoms. The van der Waals surface area contributed by atoms with Crippen LogP contribution < -0.4 is 0 Å². The number of hydrogen-bond acceptors (Lipinski definition) is 2. The largest absolute Gasteiger partial charge is 0.387 e. The minimum Gasteiger partial charge on any atom is -0.387 e. The smallest absolute Gasteiger partial charge is 0.0931 e. The molecule has 1 N–H and O–H groups in total. The highest BCUT2D eigenvalue weighted by Crippen LogP contribution is 2.29. The van der Waals surface area contributed by atoms with E-state index < -0.39 is 6.10 Å². The lowest BCUT2D eigenvalue weighted by molar-refractivity contribution is 0.125. The summed E-state index contributed by atoms with van der Waals surface area (Å²) in [6, 6.07) is 18.2. The van der Waals surface area contributed by atoms with Gasteiger partial charge in [-0.25, -0.2) is 0 Å². The van der Waals surface area contributed by atoms with Crippen LogP contribution in [0.25, 0.3) is 0 Å². The third-order valence-corrected chi connectivity index (χ3v) is 4.58. The summed E-state index contributed by atoms with van der Waals surface area (Å²) in [6.07, 6.45) is 0.632. The van der Waals surface area contributed by atoms with E-state index in [0.717, 1.165) is 25.1 Å². The normalized spacial score (nSPS) is 20.6. The first-order chi connectivity index (χ1) is 10.2. The van der Waals surface area contributed by atoms with Crippen molar-refractivity contribution in [2.75, 3.05) is 19.6 Å². The van der Waals surface area contributed by atoms with Crippen LogP contribution >= 0.6 is 11.6 Å². The van der Waals surface area contributed by atoms with Crippen LogP contribution in [-0.4, -0.2) is 29.6 Å². The van der Waals surface area contributed by atoms with Gasteiger partial charge < -0.3 is 5.11 Å². The first kappa shape index (κ1) is 14.6. The topological polar surface area (TPSA) is 23.5 Å². The van der Waals surface area contributed by atoms with Gasteiger partial charge in [-0.3, -0.25) is 4.90 Å². The van der Waals surface area contributed by atoms with Gasteiger partial charge in [0.05, 0.1) is 6.10 Å². The Morgan fingerprint density at radius 3 is 2.57 bits per heavy atom. The summed E-state index contributed by atoms with van der Waals surface area (Å²) in [4.78, 5) is 2.33. The Bertz CT molecular complexity index is 587. The zero-order chi connectivity index (χ0) is 14.7. The summed E-state index contributed by atoms with van der Waals surface area (Å²) in [7, 11) is 0. The number of likely N-dealkylation sites (tertiary alicyclic amines) is 1. The predicted octanol–water partition coefficient (Wildman–Crippen LogP) is 3.86. The molecule has 0 radical (unpaired) electrons. The first-order valence-electron chi connectivity index (χ1n) is 7.44. The number of rotatable bonds is 4. The van der Waals surface area contributed by atoms with E-state index >= 15 is 0 Å². The molecule has 2 nitrogen and oxygen atoms in total. The second-order valence-corrected chi connectivity index (χ2v) is 6.10. The molecular formula is C18H20ClNO. The van der Waals surface area contributed by atoms with Gasteiger partial charge in [-0.1, -0.05) is 60.1 Å². The molecule has 0 bridgehead atoms. The van der Waals surface area contributed by atoms with Gasteiger partial charge in [-0.2, -0.15) is 0 Å². The van der Waals surface area contributed by atoms with Gasteiger partial charge in [0.1, 0.15) is 0 Å². The number of aliphatic hydroxyl groups is 1. The van der Waals surface area contributed by atoms with Crippen molar-refractivity contribution in [2.24, 2.45) is 0 Å². The van der Waals surface area contributed by atoms with Crippen LogP contribution in [0.5, 0.6) is 0 Å². The minimum atomic E-state index is -0.520. The summed E-state index contributed by atoms with van der Waals surface area (Å²) >= 11 is 6.15. The second-order valence-electron chi connectivity index (χ2n) is 5.69. The predicted molar refractivity (Wildman–Crippen MR) is 86.7 cm³/mol. The fourth-order valence-electron chi connectivity index (χ4n) is 3.08. The van der Waals surface area contributed by atoms with E-state index in [-0.39, 0.29) is 0 Å². The van der Waals surface area contributed by atoms with Crippen molar-refractivity contribution in [2.45, 2.75) is 18.4 Å². The highest BCUT2D eigenvalue weighted by molar-refractivity contribution is 6.31. The van der Waals surface area contributed by atoms with E-state index in [0.29, 0.717) is 17.5 Å². The Balaban J connectivity index is 1.61. The van der Waals surface area contributed by atoms with E-state index in [4.69, 9.17) is 11.6 Å². The molecule has 1 fully saturated rings. The van der Waals surface area contributed by atoms with Crippen molar-refractivity contribution in [1.82, 2.24) is 4.90 Å². The van der Waals surface area contributed by atoms with Crippen molar-refractivity contribution in [3.05, 3.63) is 70.7 Å². The molecular weight excluding hydrogens is 282 g/mol. The number of benzene rings is 2. The second kappa shape index (κ2) is 6.61. The van der Waals surface area contributed by atoms with Crippen molar-refractivity contribution in [1.29, 1.82) is 0 Å². The SMILES string of the molecule is O[C@H](CN1CC[C@@H](c2ccccc2)C1)c1ccccc1Cl. The maximum absolute atomic E-state index is 10.4. The zero-order valence-electron chi connectivity index (χ0n) is 12.0. The highest BCUT2D eigenvalue weighted by Gasteiger charge is 2.25. The average molecular weight is 302 g/mol. The monoisotopic (exact) mass is 301 g/mol. The number of β-amino-alcohol motifs (C(OH)–C–C–N with tert-alkyl or cyclic N) is 1. The molecule has 1 aliphatic heterocycles. The summed E-state index contributed by atoms with van der Waals surface area (Å²) in [5.74, 6) is 0.574. The average Bonchev–Trinajstić information content (AvgIpc) is 2.97. The molecule has 0 spiro atoms. The van der Waals surface area contributed by atoms with Crippen LogP contribution in [-0.2, 0) is 0 Å². The quantitative estimate of drug-likeness (QED) is 0.927. The molecule has 1 saturated heterocycles. The van der Waals surface area contributed by atoms with Gasteiger partial charge in [0.25, 0.3) is 0 Å². The van der Waals surface area contributed by atoms with Crippen LogP contribution in [0.1, 0.15) is 29.6 Å². The molecule has 2 atom stereocenters. The summed E-state index contributed by atoms with van der Waals surface area (Å²) in [5, 5.41) is 11.0. The molecule has 1 aliphatic rings. The molecule has 110 valence electrons. The molecule has 0 aliphatic carbocycles. The lowest BCUT2D eigenvalue weighted by Gasteiger charge is -2.21. The van der Waals surface area contributed by atoms with Crippen molar-refractivity contribution in [3.8, 4) is 0 Å². The van der Waals surface area contributed by atoms with Gasteiger partial charge in [0, 0.05) is 23.7 Å².